The summed E-state index contributed by atoms with van der Waals surface area (Å²) in [4.78, 5) is 15.8. The number of aryl methyl sites for hydroxylation is 1. The maximum absolute atomic E-state index is 12.7. The van der Waals surface area contributed by atoms with Crippen LogP contribution in [0.4, 0.5) is 0 Å². The molecule has 5 nitrogen and oxygen atoms in total. The van der Waals surface area contributed by atoms with E-state index >= 15 is 0 Å². The van der Waals surface area contributed by atoms with Crippen LogP contribution >= 0.6 is 11.8 Å². The summed E-state index contributed by atoms with van der Waals surface area (Å²) in [5.74, 6) is 0.784. The molecule has 3 heterocycles. The van der Waals surface area contributed by atoms with Crippen LogP contribution in [0.25, 0.3) is 0 Å². The first-order valence-electron chi connectivity index (χ1n) is 8.27. The van der Waals surface area contributed by atoms with Crippen molar-refractivity contribution in [1.82, 2.24) is 9.21 Å². The van der Waals surface area contributed by atoms with Crippen molar-refractivity contribution >= 4 is 27.7 Å². The third kappa shape index (κ3) is 3.95. The molecule has 0 radical (unpaired) electrons. The highest BCUT2D eigenvalue weighted by Crippen LogP contribution is 2.30. The molecule has 24 heavy (non-hydrogen) atoms. The zero-order valence-corrected chi connectivity index (χ0v) is 15.8. The Morgan fingerprint density at radius 2 is 1.96 bits per heavy atom. The topological polar surface area (TPSA) is 57.7 Å². The molecule has 2 atom stereocenters. The number of sulfonamides is 1. The third-order valence-electron chi connectivity index (χ3n) is 4.91. The normalized spacial score (nSPS) is 24.8. The molecule has 0 unspecified atom stereocenters. The van der Waals surface area contributed by atoms with E-state index in [0.717, 1.165) is 17.7 Å². The highest BCUT2D eigenvalue weighted by atomic mass is 32.2. The minimum absolute atomic E-state index is 0.0171. The van der Waals surface area contributed by atoms with Crippen LogP contribution in [0.3, 0.4) is 0 Å². The van der Waals surface area contributed by atoms with Crippen molar-refractivity contribution in [2.45, 2.75) is 30.7 Å². The van der Waals surface area contributed by atoms with Gasteiger partial charge in [-0.15, -0.1) is 11.8 Å². The molecular formula is C17H24N2O3S2. The van der Waals surface area contributed by atoms with Crippen LogP contribution < -0.4 is 0 Å². The monoisotopic (exact) mass is 368 g/mol. The Labute approximate surface area is 148 Å². The van der Waals surface area contributed by atoms with E-state index in [2.05, 4.69) is 0 Å². The predicted octanol–water partition coefficient (Wildman–Crippen LogP) is 1.97. The largest absolute Gasteiger partial charge is 0.337 e. The second-order valence-electron chi connectivity index (χ2n) is 6.78. The maximum Gasteiger partial charge on any atom is 0.233 e. The minimum atomic E-state index is -3.19. The number of carbonyl (C=O) groups is 1. The third-order valence-corrected chi connectivity index (χ3v) is 7.31. The molecule has 0 N–H and O–H groups in total. The molecule has 7 heteroatoms. The van der Waals surface area contributed by atoms with Crippen LogP contribution in [0.5, 0.6) is 0 Å². The summed E-state index contributed by atoms with van der Waals surface area (Å²) >= 11 is 1.57. The van der Waals surface area contributed by atoms with Gasteiger partial charge in [0.15, 0.2) is 0 Å². The quantitative estimate of drug-likeness (QED) is 0.763. The maximum atomic E-state index is 12.7. The lowest BCUT2D eigenvalue weighted by Gasteiger charge is -2.36. The fourth-order valence-electron chi connectivity index (χ4n) is 3.56. The lowest BCUT2D eigenvalue weighted by molar-refractivity contribution is -0.132. The van der Waals surface area contributed by atoms with E-state index in [-0.39, 0.29) is 17.9 Å². The SMILES string of the molecule is Cc1ccccc1SCC(=O)N1C[C@H]2CC[C@@H]1CN(S(C)(=O)=O)C2. The molecule has 4 rings (SSSR count). The highest BCUT2D eigenvalue weighted by molar-refractivity contribution is 8.00. The van der Waals surface area contributed by atoms with Gasteiger partial charge >= 0.3 is 0 Å². The Kier molecular flexibility index (Phi) is 5.22. The van der Waals surface area contributed by atoms with E-state index in [1.165, 1.54) is 11.8 Å². The molecule has 0 spiro atoms. The summed E-state index contributed by atoms with van der Waals surface area (Å²) in [5, 5.41) is 0. The van der Waals surface area contributed by atoms with E-state index in [0.29, 0.717) is 25.4 Å². The summed E-state index contributed by atoms with van der Waals surface area (Å²) in [6, 6.07) is 8.08. The molecule has 2 bridgehead atoms. The first-order chi connectivity index (χ1) is 11.3. The number of nitrogens with zero attached hydrogens (tertiary/aromatic N) is 2. The minimum Gasteiger partial charge on any atom is -0.337 e. The second kappa shape index (κ2) is 7.06. The zero-order valence-electron chi connectivity index (χ0n) is 14.1. The van der Waals surface area contributed by atoms with Gasteiger partial charge in [0.2, 0.25) is 15.9 Å². The van der Waals surface area contributed by atoms with Crippen molar-refractivity contribution in [3.05, 3.63) is 29.8 Å². The average molecular weight is 369 g/mol. The zero-order chi connectivity index (χ0) is 17.3. The second-order valence-corrected chi connectivity index (χ2v) is 9.78. The number of carbonyl (C=O) groups excluding carboxylic acids is 1. The Balaban J connectivity index is 1.67. The van der Waals surface area contributed by atoms with E-state index in [1.807, 2.05) is 36.1 Å². The van der Waals surface area contributed by atoms with Crippen LogP contribution in [0.15, 0.2) is 29.2 Å². The van der Waals surface area contributed by atoms with Gasteiger partial charge in [-0.25, -0.2) is 8.42 Å². The average Bonchev–Trinajstić information content (AvgIpc) is 2.85. The lowest BCUT2D eigenvalue weighted by atomic mass is 9.95. The fourth-order valence-corrected chi connectivity index (χ4v) is 5.40. The molecule has 3 aliphatic rings. The molecule has 3 aliphatic heterocycles. The number of hydrogen-bond donors (Lipinski definition) is 0. The number of piperidine rings is 1. The van der Waals surface area contributed by atoms with Crippen molar-refractivity contribution in [1.29, 1.82) is 0 Å². The molecule has 1 aromatic rings. The number of thioether (sulfide) groups is 1. The van der Waals surface area contributed by atoms with Crippen LogP contribution in [0.2, 0.25) is 0 Å². The Morgan fingerprint density at radius 3 is 2.67 bits per heavy atom. The molecule has 3 saturated heterocycles. The molecule has 1 aromatic carbocycles. The van der Waals surface area contributed by atoms with Gasteiger partial charge in [0.1, 0.15) is 0 Å². The van der Waals surface area contributed by atoms with Crippen molar-refractivity contribution in [2.75, 3.05) is 31.6 Å². The first kappa shape index (κ1) is 17.8. The van der Waals surface area contributed by atoms with Crippen molar-refractivity contribution in [2.24, 2.45) is 5.92 Å². The molecule has 0 aliphatic carbocycles. The van der Waals surface area contributed by atoms with Gasteiger partial charge in [-0.05, 0) is 37.3 Å². The van der Waals surface area contributed by atoms with Crippen molar-refractivity contribution in [3.8, 4) is 0 Å². The van der Waals surface area contributed by atoms with Crippen molar-refractivity contribution in [3.63, 3.8) is 0 Å². The molecular weight excluding hydrogens is 344 g/mol. The summed E-state index contributed by atoms with van der Waals surface area (Å²) in [6.07, 6.45) is 3.17. The van der Waals surface area contributed by atoms with Gasteiger partial charge in [0, 0.05) is 30.6 Å². The van der Waals surface area contributed by atoms with E-state index in [4.69, 9.17) is 0 Å². The number of rotatable bonds is 4. The van der Waals surface area contributed by atoms with Crippen molar-refractivity contribution < 1.29 is 13.2 Å². The van der Waals surface area contributed by atoms with Gasteiger partial charge < -0.3 is 4.90 Å². The number of benzene rings is 1. The van der Waals surface area contributed by atoms with Gasteiger partial charge in [-0.1, -0.05) is 18.2 Å². The van der Waals surface area contributed by atoms with Crippen LogP contribution in [0, 0.1) is 12.8 Å². The smallest absolute Gasteiger partial charge is 0.233 e. The van der Waals surface area contributed by atoms with E-state index < -0.39 is 10.0 Å². The molecule has 1 amide bonds. The van der Waals surface area contributed by atoms with Crippen LogP contribution in [-0.2, 0) is 14.8 Å². The summed E-state index contributed by atoms with van der Waals surface area (Å²) in [5.41, 5.74) is 1.18. The first-order valence-corrected chi connectivity index (χ1v) is 11.1. The standard InChI is InChI=1S/C17H24N2O3S2/c1-13-5-3-4-6-16(13)23-12-17(20)19-10-14-7-8-15(19)11-18(9-14)24(2,21)22/h3-6,14-15H,7-12H2,1-2H3/t14-,15+/m0/s1. The number of fused-ring (bicyclic) bond motifs is 4. The Morgan fingerprint density at radius 1 is 1.21 bits per heavy atom. The van der Waals surface area contributed by atoms with E-state index in [1.54, 1.807) is 16.1 Å². The van der Waals surface area contributed by atoms with Gasteiger partial charge in [-0.2, -0.15) is 4.31 Å². The van der Waals surface area contributed by atoms with E-state index in [9.17, 15) is 13.2 Å². The Bertz CT molecular complexity index is 720. The fraction of sp³-hybridized carbons (Fsp3) is 0.588. The molecule has 132 valence electrons. The van der Waals surface area contributed by atoms with Gasteiger partial charge in [-0.3, -0.25) is 4.79 Å². The summed E-state index contributed by atoms with van der Waals surface area (Å²) in [7, 11) is -3.19. The van der Waals surface area contributed by atoms with Crippen LogP contribution in [-0.4, -0.2) is 61.2 Å². The van der Waals surface area contributed by atoms with Gasteiger partial charge in [0.25, 0.3) is 0 Å². The van der Waals surface area contributed by atoms with Gasteiger partial charge in [0.05, 0.1) is 12.0 Å². The summed E-state index contributed by atoms with van der Waals surface area (Å²) in [6.45, 7) is 3.72. The summed E-state index contributed by atoms with van der Waals surface area (Å²) < 4.78 is 25.4. The molecule has 0 saturated carbocycles. The lowest BCUT2D eigenvalue weighted by Crippen LogP contribution is -2.48. The highest BCUT2D eigenvalue weighted by Gasteiger charge is 2.39. The Hall–Kier alpha value is -1.05. The number of hydrogen-bond acceptors (Lipinski definition) is 4. The molecule has 3 fully saturated rings. The molecule has 0 aromatic heterocycles. The predicted molar refractivity (Wildman–Crippen MR) is 96.5 cm³/mol. The number of amides is 1. The van der Waals surface area contributed by atoms with Crippen LogP contribution in [0.1, 0.15) is 18.4 Å².